The molecule has 2 aromatic rings. The summed E-state index contributed by atoms with van der Waals surface area (Å²) >= 11 is -2.42. The maximum Gasteiger partial charge on any atom is 0.302 e. The van der Waals surface area contributed by atoms with Gasteiger partial charge in [0.15, 0.2) is 6.79 Å². The van der Waals surface area contributed by atoms with Crippen LogP contribution < -0.4 is 9.04 Å². The molecule has 0 N–H and O–H groups in total. The summed E-state index contributed by atoms with van der Waals surface area (Å²) in [6, 6.07) is 15.8. The van der Waals surface area contributed by atoms with Gasteiger partial charge in [0.1, 0.15) is 5.75 Å². The number of benzene rings is 2. The Morgan fingerprint density at radius 3 is 2.48 bits per heavy atom. The van der Waals surface area contributed by atoms with Crippen LogP contribution in [0.15, 0.2) is 54.6 Å². The van der Waals surface area contributed by atoms with Crippen LogP contribution in [0.1, 0.15) is 25.0 Å². The summed E-state index contributed by atoms with van der Waals surface area (Å²) in [5.41, 5.74) is 1.91. The number of esters is 1. The molecule has 0 aliphatic rings. The lowest BCUT2D eigenvalue weighted by Crippen LogP contribution is -2.25. The quantitative estimate of drug-likeness (QED) is 0.330. The minimum Gasteiger partial charge on any atom is -0.755 e. The minimum absolute atomic E-state index is 0.126. The first-order valence-corrected chi connectivity index (χ1v) is 10.3. The van der Waals surface area contributed by atoms with Crippen molar-refractivity contribution in [2.75, 3.05) is 31.4 Å². The van der Waals surface area contributed by atoms with Crippen LogP contribution >= 0.6 is 0 Å². The van der Waals surface area contributed by atoms with Gasteiger partial charge in [-0.25, -0.2) is 0 Å². The number of carbonyl (C=O) groups excluding carboxylic acids is 1. The van der Waals surface area contributed by atoms with Crippen molar-refractivity contribution in [2.45, 2.75) is 13.8 Å². The van der Waals surface area contributed by atoms with Gasteiger partial charge in [-0.1, -0.05) is 24.3 Å². The van der Waals surface area contributed by atoms with Gasteiger partial charge in [-0.3, -0.25) is 13.3 Å². The van der Waals surface area contributed by atoms with Crippen LogP contribution in [-0.2, 0) is 25.5 Å². The molecule has 8 nitrogen and oxygen atoms in total. The molecule has 0 bridgehead atoms. The van der Waals surface area contributed by atoms with Crippen LogP contribution in [0.25, 0.3) is 6.08 Å². The highest BCUT2D eigenvalue weighted by Crippen LogP contribution is 2.20. The lowest BCUT2D eigenvalue weighted by molar-refractivity contribution is -0.140. The number of methoxy groups -OCH3 is 1. The molecule has 0 heterocycles. The summed E-state index contributed by atoms with van der Waals surface area (Å²) in [7, 11) is 1.52. The molecule has 1 atom stereocenters. The van der Waals surface area contributed by atoms with E-state index in [1.807, 2.05) is 6.07 Å². The molecule has 0 saturated carbocycles. The zero-order chi connectivity index (χ0) is 23.1. The third kappa shape index (κ3) is 10.4. The molecule has 0 aliphatic heterocycles. The van der Waals surface area contributed by atoms with Crippen LogP contribution in [0, 0.1) is 11.3 Å². The lowest BCUT2D eigenvalue weighted by atomic mass is 10.1. The van der Waals surface area contributed by atoms with Gasteiger partial charge in [0.2, 0.25) is 0 Å². The highest BCUT2D eigenvalue weighted by atomic mass is 32.2. The molecule has 9 heteroatoms. The number of nitrogens with zero attached hydrogens (tertiary/aromatic N) is 2. The molecular formula is C22H25N2O6S-. The van der Waals surface area contributed by atoms with Gasteiger partial charge in [-0.2, -0.15) is 5.26 Å². The smallest absolute Gasteiger partial charge is 0.302 e. The number of carbonyl (C=O) groups is 1. The Hall–Kier alpha value is -3.19. The Morgan fingerprint density at radius 2 is 1.97 bits per heavy atom. The van der Waals surface area contributed by atoms with E-state index in [2.05, 4.69) is 10.8 Å². The van der Waals surface area contributed by atoms with Crippen molar-refractivity contribution < 1.29 is 27.8 Å². The summed E-state index contributed by atoms with van der Waals surface area (Å²) in [5, 5.41) is 8.89. The highest BCUT2D eigenvalue weighted by Gasteiger charge is 2.06. The Labute approximate surface area is 185 Å². The number of nitriles is 1. The number of rotatable bonds is 9. The van der Waals surface area contributed by atoms with Crippen molar-refractivity contribution in [1.29, 1.82) is 5.26 Å². The summed E-state index contributed by atoms with van der Waals surface area (Å²) in [6.07, 6.45) is 3.50. The second kappa shape index (κ2) is 14.7. The normalized spacial score (nSPS) is 11.1. The van der Waals surface area contributed by atoms with Gasteiger partial charge in [-0.05, 0) is 48.9 Å². The highest BCUT2D eigenvalue weighted by molar-refractivity contribution is 7.80. The van der Waals surface area contributed by atoms with Crippen LogP contribution in [0.2, 0.25) is 0 Å². The summed E-state index contributed by atoms with van der Waals surface area (Å²) < 4.78 is 38.7. The Bertz CT molecular complexity index is 909. The van der Waals surface area contributed by atoms with E-state index in [1.165, 1.54) is 18.3 Å². The van der Waals surface area contributed by atoms with Gasteiger partial charge in [0, 0.05) is 37.5 Å². The molecular weight excluding hydrogens is 420 g/mol. The van der Waals surface area contributed by atoms with E-state index in [4.69, 9.17) is 14.7 Å². The molecule has 0 fully saturated rings. The third-order valence-electron chi connectivity index (χ3n) is 3.59. The molecule has 0 amide bonds. The monoisotopic (exact) mass is 445 g/mol. The van der Waals surface area contributed by atoms with E-state index < -0.39 is 11.3 Å². The van der Waals surface area contributed by atoms with Crippen molar-refractivity contribution in [3.8, 4) is 11.8 Å². The average Bonchev–Trinajstić information content (AvgIpc) is 2.76. The maximum atomic E-state index is 11.5. The Balaban J connectivity index is 0.000000703. The molecule has 2 rings (SSSR count). The number of hydrogen-bond acceptors (Lipinski definition) is 7. The zero-order valence-electron chi connectivity index (χ0n) is 17.6. The fraction of sp³-hybridized carbons (Fsp3) is 0.273. The van der Waals surface area contributed by atoms with Crippen LogP contribution in [0.3, 0.4) is 0 Å². The predicted octanol–water partition coefficient (Wildman–Crippen LogP) is 3.42. The van der Waals surface area contributed by atoms with Crippen molar-refractivity contribution in [1.82, 2.24) is 0 Å². The molecule has 166 valence electrons. The number of hydrogen-bond donors (Lipinski definition) is 0. The standard InChI is InChI=1S/C18H18N2O4S.C4H8O2/c1-23-14-24-18-9-7-17(8-10-18)20(25(21)22)11-3-6-15-4-2-5-16(12-15)13-19;1-3-6-4(2)5/h2-10,12H,11,14H2,1H3,(H,21,22);3H2,1-2H3/p-1/b6-3+;. The fourth-order valence-corrected chi connectivity index (χ4v) is 2.79. The second-order valence-electron chi connectivity index (χ2n) is 5.89. The van der Waals surface area contributed by atoms with Crippen molar-refractivity contribution in [2.24, 2.45) is 0 Å². The maximum absolute atomic E-state index is 11.5. The molecule has 1 unspecified atom stereocenters. The molecule has 0 aliphatic carbocycles. The minimum atomic E-state index is -2.42. The SMILES string of the molecule is CCOC(C)=O.COCOc1ccc(N(C/C=C/c2cccc(C#N)c2)S(=O)[O-])cc1. The van der Waals surface area contributed by atoms with E-state index in [9.17, 15) is 13.6 Å². The first kappa shape index (κ1) is 25.8. The van der Waals surface area contributed by atoms with E-state index >= 15 is 0 Å². The Kier molecular flexibility index (Phi) is 12.3. The van der Waals surface area contributed by atoms with Gasteiger partial charge < -0.3 is 18.8 Å². The van der Waals surface area contributed by atoms with Gasteiger partial charge in [-0.15, -0.1) is 0 Å². The predicted molar refractivity (Wildman–Crippen MR) is 118 cm³/mol. The summed E-state index contributed by atoms with van der Waals surface area (Å²) in [4.78, 5) is 9.82. The van der Waals surface area contributed by atoms with Crippen LogP contribution in [0.4, 0.5) is 5.69 Å². The Morgan fingerprint density at radius 1 is 1.26 bits per heavy atom. The molecule has 2 aromatic carbocycles. The largest absolute Gasteiger partial charge is 0.755 e. The zero-order valence-corrected chi connectivity index (χ0v) is 18.5. The van der Waals surface area contributed by atoms with Crippen LogP contribution in [0.5, 0.6) is 5.75 Å². The van der Waals surface area contributed by atoms with E-state index in [1.54, 1.807) is 61.5 Å². The summed E-state index contributed by atoms with van der Waals surface area (Å²) in [5.74, 6) is 0.378. The number of ether oxygens (including phenoxy) is 3. The fourth-order valence-electron chi connectivity index (χ4n) is 2.29. The molecule has 0 aromatic heterocycles. The molecule has 0 radical (unpaired) electrons. The van der Waals surface area contributed by atoms with Gasteiger partial charge in [0.05, 0.1) is 18.2 Å². The van der Waals surface area contributed by atoms with Crippen LogP contribution in [-0.4, -0.2) is 41.8 Å². The van der Waals surface area contributed by atoms with E-state index in [0.29, 0.717) is 23.6 Å². The molecule has 0 saturated heterocycles. The van der Waals surface area contributed by atoms with Gasteiger partial charge >= 0.3 is 5.97 Å². The van der Waals surface area contributed by atoms with Crippen molar-refractivity contribution >= 4 is 29.0 Å². The first-order chi connectivity index (χ1) is 14.9. The summed E-state index contributed by atoms with van der Waals surface area (Å²) in [6.45, 7) is 3.95. The van der Waals surface area contributed by atoms with Crippen molar-refractivity contribution in [3.63, 3.8) is 0 Å². The van der Waals surface area contributed by atoms with Gasteiger partial charge in [0.25, 0.3) is 0 Å². The second-order valence-corrected chi connectivity index (χ2v) is 6.76. The topological polar surface area (TPSA) is 112 Å². The third-order valence-corrected chi connectivity index (χ3v) is 4.31. The van der Waals surface area contributed by atoms with Crippen molar-refractivity contribution in [3.05, 3.63) is 65.7 Å². The first-order valence-electron chi connectivity index (χ1n) is 9.30. The molecule has 31 heavy (non-hydrogen) atoms. The molecule has 0 spiro atoms. The lowest BCUT2D eigenvalue weighted by Gasteiger charge is -2.25. The average molecular weight is 446 g/mol. The van der Waals surface area contributed by atoms with E-state index in [0.717, 1.165) is 5.56 Å². The van der Waals surface area contributed by atoms with E-state index in [-0.39, 0.29) is 19.3 Å². The number of anilines is 1.